The molecule has 5 nitrogen and oxygen atoms in total. The number of piperidine rings is 1. The number of likely N-dealkylation sites (tertiary alicyclic amines) is 1. The van der Waals surface area contributed by atoms with Crippen LogP contribution in [0.3, 0.4) is 0 Å². The van der Waals surface area contributed by atoms with E-state index in [2.05, 4.69) is 21.9 Å². The fraction of sp³-hybridized carbons (Fsp3) is 0.435. The first-order valence-electron chi connectivity index (χ1n) is 10.3. The first kappa shape index (κ1) is 18.8. The maximum Gasteiger partial charge on any atom is 0.234 e. The van der Waals surface area contributed by atoms with Crippen molar-refractivity contribution in [2.45, 2.75) is 30.4 Å². The van der Waals surface area contributed by atoms with Crippen LogP contribution in [-0.2, 0) is 11.3 Å². The average molecular weight is 411 g/mol. The average Bonchev–Trinajstić information content (AvgIpc) is 3.06. The van der Waals surface area contributed by atoms with Crippen molar-refractivity contribution in [1.82, 2.24) is 9.80 Å². The van der Waals surface area contributed by atoms with Crippen LogP contribution in [0.4, 0.5) is 0 Å². The van der Waals surface area contributed by atoms with Gasteiger partial charge in [0.25, 0.3) is 0 Å². The number of ether oxygens (including phenoxy) is 2. The van der Waals surface area contributed by atoms with Gasteiger partial charge in [0.15, 0.2) is 11.5 Å². The van der Waals surface area contributed by atoms with Crippen LogP contribution in [0.1, 0.15) is 18.4 Å². The van der Waals surface area contributed by atoms with Gasteiger partial charge in [0, 0.05) is 26.2 Å². The summed E-state index contributed by atoms with van der Waals surface area (Å²) in [7, 11) is 0. The van der Waals surface area contributed by atoms with E-state index in [1.165, 1.54) is 5.56 Å². The number of thioether (sulfide) groups is 1. The van der Waals surface area contributed by atoms with Crippen molar-refractivity contribution >= 4 is 17.7 Å². The lowest BCUT2D eigenvalue weighted by molar-refractivity contribution is -0.132. The summed E-state index contributed by atoms with van der Waals surface area (Å²) in [6.07, 6.45) is 2.05. The molecule has 1 unspecified atom stereocenters. The van der Waals surface area contributed by atoms with Crippen LogP contribution < -0.4 is 9.47 Å². The Labute approximate surface area is 176 Å². The van der Waals surface area contributed by atoms with E-state index in [0.717, 1.165) is 44.0 Å². The van der Waals surface area contributed by atoms with E-state index in [1.54, 1.807) is 0 Å². The molecule has 29 heavy (non-hydrogen) atoms. The van der Waals surface area contributed by atoms with E-state index in [0.29, 0.717) is 18.9 Å². The van der Waals surface area contributed by atoms with Gasteiger partial charge in [0.1, 0.15) is 12.7 Å². The van der Waals surface area contributed by atoms with Gasteiger partial charge < -0.3 is 14.4 Å². The lowest BCUT2D eigenvalue weighted by Crippen LogP contribution is -2.53. The molecule has 152 valence electrons. The van der Waals surface area contributed by atoms with Crippen molar-refractivity contribution in [3.05, 3.63) is 60.2 Å². The number of para-hydroxylation sites is 2. The van der Waals surface area contributed by atoms with Crippen molar-refractivity contribution in [3.8, 4) is 11.5 Å². The number of fused-ring (bicyclic) bond motifs is 1. The fourth-order valence-corrected chi connectivity index (χ4v) is 5.86. The predicted molar refractivity (Wildman–Crippen MR) is 114 cm³/mol. The number of hydrogen-bond donors (Lipinski definition) is 0. The van der Waals surface area contributed by atoms with Gasteiger partial charge in [0.05, 0.1) is 10.6 Å². The molecule has 0 aliphatic carbocycles. The molecule has 0 radical (unpaired) electrons. The van der Waals surface area contributed by atoms with Crippen LogP contribution in [0.2, 0.25) is 0 Å². The second kappa shape index (κ2) is 7.92. The maximum atomic E-state index is 12.6. The summed E-state index contributed by atoms with van der Waals surface area (Å²) in [6.45, 7) is 4.12. The van der Waals surface area contributed by atoms with Crippen LogP contribution in [0.25, 0.3) is 0 Å². The summed E-state index contributed by atoms with van der Waals surface area (Å²) in [5.74, 6) is 2.54. The third-order valence-corrected chi connectivity index (χ3v) is 7.66. The van der Waals surface area contributed by atoms with Gasteiger partial charge in [-0.25, -0.2) is 0 Å². The van der Waals surface area contributed by atoms with Gasteiger partial charge in [-0.3, -0.25) is 9.69 Å². The van der Waals surface area contributed by atoms with Crippen molar-refractivity contribution < 1.29 is 14.3 Å². The summed E-state index contributed by atoms with van der Waals surface area (Å²) >= 11 is 1.83. The Hall–Kier alpha value is -2.18. The first-order valence-corrected chi connectivity index (χ1v) is 11.3. The topological polar surface area (TPSA) is 42.0 Å². The highest BCUT2D eigenvalue weighted by Gasteiger charge is 2.47. The van der Waals surface area contributed by atoms with E-state index in [4.69, 9.17) is 9.47 Å². The summed E-state index contributed by atoms with van der Waals surface area (Å²) in [6, 6.07) is 18.2. The van der Waals surface area contributed by atoms with Gasteiger partial charge in [-0.1, -0.05) is 42.5 Å². The molecule has 0 bridgehead atoms. The van der Waals surface area contributed by atoms with Gasteiger partial charge in [-0.05, 0) is 30.5 Å². The third kappa shape index (κ3) is 3.83. The van der Waals surface area contributed by atoms with Crippen molar-refractivity contribution in [1.29, 1.82) is 0 Å². The fourth-order valence-electron chi connectivity index (χ4n) is 4.52. The minimum absolute atomic E-state index is 0.0530. The van der Waals surface area contributed by atoms with Gasteiger partial charge >= 0.3 is 0 Å². The van der Waals surface area contributed by atoms with Crippen molar-refractivity contribution in [2.24, 2.45) is 0 Å². The number of hydrogen-bond acceptors (Lipinski definition) is 5. The Morgan fingerprint density at radius 2 is 1.72 bits per heavy atom. The van der Waals surface area contributed by atoms with Gasteiger partial charge in [0.2, 0.25) is 5.91 Å². The Balaban J connectivity index is 1.20. The van der Waals surface area contributed by atoms with E-state index in [-0.39, 0.29) is 16.9 Å². The molecule has 0 N–H and O–H groups in total. The smallest absolute Gasteiger partial charge is 0.234 e. The normalized spacial score (nSPS) is 23.5. The van der Waals surface area contributed by atoms with Crippen LogP contribution in [0, 0.1) is 0 Å². The zero-order chi connectivity index (χ0) is 19.7. The van der Waals surface area contributed by atoms with Gasteiger partial charge in [-0.15, -0.1) is 11.8 Å². The zero-order valence-electron chi connectivity index (χ0n) is 16.5. The highest BCUT2D eigenvalue weighted by molar-refractivity contribution is 8.01. The summed E-state index contributed by atoms with van der Waals surface area (Å²) < 4.78 is 12.0. The molecule has 0 saturated carbocycles. The van der Waals surface area contributed by atoms with Crippen LogP contribution >= 0.6 is 11.8 Å². The van der Waals surface area contributed by atoms with Crippen molar-refractivity contribution in [3.63, 3.8) is 0 Å². The number of carbonyl (C=O) groups is 1. The Morgan fingerprint density at radius 1 is 1.00 bits per heavy atom. The Bertz CT molecular complexity index is 867. The molecule has 1 atom stereocenters. The van der Waals surface area contributed by atoms with E-state index in [1.807, 2.05) is 54.2 Å². The molecule has 2 fully saturated rings. The number of rotatable bonds is 4. The van der Waals surface area contributed by atoms with E-state index < -0.39 is 0 Å². The number of benzene rings is 2. The lowest BCUT2D eigenvalue weighted by atomic mass is 10.0. The van der Waals surface area contributed by atoms with E-state index in [9.17, 15) is 4.79 Å². The summed E-state index contributed by atoms with van der Waals surface area (Å²) in [4.78, 5) is 17.1. The molecular formula is C23H26N2O3S. The molecule has 6 heteroatoms. The van der Waals surface area contributed by atoms with Crippen molar-refractivity contribution in [2.75, 3.05) is 32.0 Å². The number of amides is 1. The van der Waals surface area contributed by atoms with Gasteiger partial charge in [-0.2, -0.15) is 0 Å². The SMILES string of the molecule is O=C1CSC2(CCN(CC3COc4ccccc4O3)CC2)N1Cc1ccccc1. The summed E-state index contributed by atoms with van der Waals surface area (Å²) in [5.41, 5.74) is 1.21. The molecule has 1 spiro atoms. The monoisotopic (exact) mass is 410 g/mol. The largest absolute Gasteiger partial charge is 0.486 e. The molecule has 1 amide bonds. The molecule has 2 aromatic carbocycles. The molecular weight excluding hydrogens is 384 g/mol. The highest BCUT2D eigenvalue weighted by atomic mass is 32.2. The lowest BCUT2D eigenvalue weighted by Gasteiger charge is -2.44. The minimum Gasteiger partial charge on any atom is -0.486 e. The quantitative estimate of drug-likeness (QED) is 0.773. The maximum absolute atomic E-state index is 12.6. The van der Waals surface area contributed by atoms with Crippen LogP contribution in [0.15, 0.2) is 54.6 Å². The molecule has 3 aliphatic rings. The molecule has 2 aromatic rings. The Kier molecular flexibility index (Phi) is 5.14. The molecule has 2 saturated heterocycles. The minimum atomic E-state index is -0.0556. The predicted octanol–water partition coefficient (Wildman–Crippen LogP) is 3.39. The zero-order valence-corrected chi connectivity index (χ0v) is 17.3. The number of carbonyl (C=O) groups excluding carboxylic acids is 1. The first-order chi connectivity index (χ1) is 14.2. The standard InChI is InChI=1S/C23H26N2O3S/c26-22-17-29-23(25(22)14-18-6-2-1-3-7-18)10-12-24(13-11-23)15-19-16-27-20-8-4-5-9-21(20)28-19/h1-9,19H,10-17H2. The second-order valence-electron chi connectivity index (χ2n) is 8.00. The third-order valence-electron chi connectivity index (χ3n) is 6.11. The summed E-state index contributed by atoms with van der Waals surface area (Å²) in [5, 5.41) is 0. The van der Waals surface area contributed by atoms with Crippen LogP contribution in [0.5, 0.6) is 11.5 Å². The molecule has 5 rings (SSSR count). The Morgan fingerprint density at radius 3 is 2.52 bits per heavy atom. The molecule has 3 aliphatic heterocycles. The molecule has 3 heterocycles. The van der Waals surface area contributed by atoms with Crippen LogP contribution in [-0.4, -0.2) is 58.7 Å². The highest BCUT2D eigenvalue weighted by Crippen LogP contribution is 2.45. The molecule has 0 aromatic heterocycles. The number of nitrogens with zero attached hydrogens (tertiary/aromatic N) is 2. The second-order valence-corrected chi connectivity index (χ2v) is 9.34. The van der Waals surface area contributed by atoms with E-state index >= 15 is 0 Å².